The van der Waals surface area contributed by atoms with E-state index in [1.54, 1.807) is 36.7 Å². The van der Waals surface area contributed by atoms with Crippen LogP contribution >= 0.6 is 0 Å². The van der Waals surface area contributed by atoms with Crippen LogP contribution in [-0.4, -0.2) is 70.6 Å². The number of nitrogens with one attached hydrogen (secondary N) is 1. The second-order valence-electron chi connectivity index (χ2n) is 8.09. The smallest absolute Gasteiger partial charge is 0.243 e. The number of hydrogen-bond donors (Lipinski definition) is 1. The molecule has 1 fully saturated rings. The zero-order valence-electron chi connectivity index (χ0n) is 18.7. The van der Waals surface area contributed by atoms with Crippen LogP contribution in [0.15, 0.2) is 84.0 Å². The highest BCUT2D eigenvalue weighted by Crippen LogP contribution is 2.24. The quantitative estimate of drug-likeness (QED) is 0.458. The third-order valence-electron chi connectivity index (χ3n) is 5.77. The van der Waals surface area contributed by atoms with Crippen molar-refractivity contribution in [2.45, 2.75) is 4.90 Å². The van der Waals surface area contributed by atoms with Gasteiger partial charge in [0.05, 0.1) is 28.2 Å². The van der Waals surface area contributed by atoms with Crippen molar-refractivity contribution in [1.82, 2.24) is 29.0 Å². The number of para-hydroxylation sites is 1. The highest BCUT2D eigenvalue weighted by molar-refractivity contribution is 7.89. The molecule has 2 aromatic carbocycles. The lowest BCUT2D eigenvalue weighted by Crippen LogP contribution is -2.46. The van der Waals surface area contributed by atoms with E-state index >= 15 is 0 Å². The number of rotatable bonds is 6. The second kappa shape index (κ2) is 9.34. The summed E-state index contributed by atoms with van der Waals surface area (Å²) in [5.74, 6) is 0.410. The van der Waals surface area contributed by atoms with Gasteiger partial charge in [-0.15, -0.1) is 0 Å². The fraction of sp³-hybridized carbons (Fsp3) is 0.208. The molecule has 0 amide bonds. The van der Waals surface area contributed by atoms with Gasteiger partial charge < -0.3 is 10.2 Å². The molecule has 3 heterocycles. The summed E-state index contributed by atoms with van der Waals surface area (Å²) in [7, 11) is -1.51. The van der Waals surface area contributed by atoms with Gasteiger partial charge in [-0.1, -0.05) is 18.2 Å². The Bertz CT molecular complexity index is 1360. The molecule has 0 spiro atoms. The first-order valence-corrected chi connectivity index (χ1v) is 12.4. The van der Waals surface area contributed by atoms with Crippen molar-refractivity contribution in [2.24, 2.45) is 0 Å². The molecule has 1 saturated heterocycles. The van der Waals surface area contributed by atoms with Crippen LogP contribution in [0.4, 0.5) is 11.6 Å². The Labute approximate surface area is 198 Å². The van der Waals surface area contributed by atoms with E-state index in [1.165, 1.54) is 4.31 Å². The minimum absolute atomic E-state index is 0.282. The lowest BCUT2D eigenvalue weighted by Gasteiger charge is -2.31. The van der Waals surface area contributed by atoms with Crippen molar-refractivity contribution < 1.29 is 8.42 Å². The van der Waals surface area contributed by atoms with Crippen molar-refractivity contribution in [3.63, 3.8) is 0 Å². The van der Waals surface area contributed by atoms with Crippen molar-refractivity contribution in [3.05, 3.63) is 79.1 Å². The lowest BCUT2D eigenvalue weighted by atomic mass is 10.2. The van der Waals surface area contributed by atoms with Gasteiger partial charge in [0.25, 0.3) is 0 Å². The van der Waals surface area contributed by atoms with Crippen LogP contribution in [0.5, 0.6) is 0 Å². The summed E-state index contributed by atoms with van der Waals surface area (Å²) >= 11 is 0. The summed E-state index contributed by atoms with van der Waals surface area (Å²) in [5.41, 5.74) is 3.19. The monoisotopic (exact) mass is 475 g/mol. The number of hydrogen-bond acceptors (Lipinski definition) is 7. The molecule has 0 unspecified atom stereocenters. The highest BCUT2D eigenvalue weighted by Gasteiger charge is 2.27. The topological polar surface area (TPSA) is 96.3 Å². The fourth-order valence-electron chi connectivity index (χ4n) is 3.85. The number of piperazine rings is 1. The Morgan fingerprint density at radius 2 is 1.59 bits per heavy atom. The summed E-state index contributed by atoms with van der Waals surface area (Å²) in [6.45, 7) is 2.46. The lowest BCUT2D eigenvalue weighted by molar-refractivity contribution is 0.222. The molecule has 34 heavy (non-hydrogen) atoms. The van der Waals surface area contributed by atoms with Gasteiger partial charge in [0.2, 0.25) is 16.0 Å². The van der Waals surface area contributed by atoms with E-state index in [-0.39, 0.29) is 4.90 Å². The number of sulfonamides is 1. The standard InChI is InChI=1S/C24H25N7O2S/c1-29-15-17-30(18-16-29)34(32,33)21-9-7-19(8-10-21)27-24-25-13-11-22(28-24)23-12-14-26-31(23)20-5-3-2-4-6-20/h2-14H,15-18H2,1H3,(H,25,27,28). The van der Waals surface area contributed by atoms with E-state index in [2.05, 4.69) is 25.3 Å². The van der Waals surface area contributed by atoms with Crippen LogP contribution in [0.2, 0.25) is 0 Å². The maximum Gasteiger partial charge on any atom is 0.243 e. The SMILES string of the molecule is CN1CCN(S(=O)(=O)c2ccc(Nc3nccc(-c4ccnn4-c4ccccc4)n3)cc2)CC1. The minimum Gasteiger partial charge on any atom is -0.324 e. The van der Waals surface area contributed by atoms with E-state index in [1.807, 2.05) is 54.2 Å². The largest absolute Gasteiger partial charge is 0.324 e. The van der Waals surface area contributed by atoms with Crippen LogP contribution in [0.3, 0.4) is 0 Å². The van der Waals surface area contributed by atoms with Gasteiger partial charge in [-0.25, -0.2) is 23.1 Å². The fourth-order valence-corrected chi connectivity index (χ4v) is 5.27. The molecule has 2 aromatic heterocycles. The molecule has 0 radical (unpaired) electrons. The average Bonchev–Trinajstić information content (AvgIpc) is 3.36. The highest BCUT2D eigenvalue weighted by atomic mass is 32.2. The van der Waals surface area contributed by atoms with Gasteiger partial charge in [0, 0.05) is 38.1 Å². The normalized spacial score (nSPS) is 15.3. The van der Waals surface area contributed by atoms with E-state index < -0.39 is 10.0 Å². The van der Waals surface area contributed by atoms with Crippen LogP contribution in [0, 0.1) is 0 Å². The van der Waals surface area contributed by atoms with E-state index in [4.69, 9.17) is 0 Å². The Kier molecular flexibility index (Phi) is 6.10. The average molecular weight is 476 g/mol. The summed E-state index contributed by atoms with van der Waals surface area (Å²) in [4.78, 5) is 11.4. The van der Waals surface area contributed by atoms with Crippen LogP contribution in [-0.2, 0) is 10.0 Å². The van der Waals surface area contributed by atoms with Gasteiger partial charge in [0.1, 0.15) is 0 Å². The molecular weight excluding hydrogens is 450 g/mol. The third-order valence-corrected chi connectivity index (χ3v) is 7.68. The number of aromatic nitrogens is 4. The first kappa shape index (κ1) is 22.2. The molecule has 174 valence electrons. The molecule has 0 saturated carbocycles. The number of likely N-dealkylation sites (N-methyl/N-ethyl adjacent to an activating group) is 1. The molecule has 1 N–H and O–H groups in total. The maximum atomic E-state index is 12.9. The first-order chi connectivity index (χ1) is 16.5. The minimum atomic E-state index is -3.50. The Hall–Kier alpha value is -3.60. The van der Waals surface area contributed by atoms with Crippen molar-refractivity contribution in [2.75, 3.05) is 38.5 Å². The molecule has 4 aromatic rings. The first-order valence-electron chi connectivity index (χ1n) is 11.0. The molecule has 1 aliphatic rings. The number of anilines is 2. The summed E-state index contributed by atoms with van der Waals surface area (Å²) in [6, 6.07) is 20.3. The Balaban J connectivity index is 1.34. The predicted octanol–water partition coefficient (Wildman–Crippen LogP) is 3.01. The zero-order chi connectivity index (χ0) is 23.5. The maximum absolute atomic E-state index is 12.9. The van der Waals surface area contributed by atoms with E-state index in [0.29, 0.717) is 30.4 Å². The molecule has 5 rings (SSSR count). The summed E-state index contributed by atoms with van der Waals surface area (Å²) in [6.07, 6.45) is 3.41. The molecule has 10 heteroatoms. The zero-order valence-corrected chi connectivity index (χ0v) is 19.6. The van der Waals surface area contributed by atoms with E-state index in [0.717, 1.165) is 24.5 Å². The molecule has 0 bridgehead atoms. The van der Waals surface area contributed by atoms with Crippen LogP contribution < -0.4 is 5.32 Å². The van der Waals surface area contributed by atoms with E-state index in [9.17, 15) is 8.42 Å². The molecule has 9 nitrogen and oxygen atoms in total. The summed E-state index contributed by atoms with van der Waals surface area (Å²) in [5, 5.41) is 7.59. The Morgan fingerprint density at radius 1 is 0.853 bits per heavy atom. The number of benzene rings is 2. The van der Waals surface area contributed by atoms with Crippen molar-refractivity contribution in [1.29, 1.82) is 0 Å². The van der Waals surface area contributed by atoms with Crippen LogP contribution in [0.1, 0.15) is 0 Å². The second-order valence-corrected chi connectivity index (χ2v) is 10.0. The number of nitrogens with zero attached hydrogens (tertiary/aromatic N) is 6. The molecular formula is C24H25N7O2S. The van der Waals surface area contributed by atoms with Crippen molar-refractivity contribution >= 4 is 21.7 Å². The Morgan fingerprint density at radius 3 is 2.32 bits per heavy atom. The predicted molar refractivity (Wildman–Crippen MR) is 131 cm³/mol. The van der Waals surface area contributed by atoms with Crippen molar-refractivity contribution in [3.8, 4) is 17.1 Å². The molecule has 0 aliphatic carbocycles. The summed E-state index contributed by atoms with van der Waals surface area (Å²) < 4.78 is 29.2. The molecule has 1 aliphatic heterocycles. The van der Waals surface area contributed by atoms with Gasteiger partial charge >= 0.3 is 0 Å². The third kappa shape index (κ3) is 4.56. The van der Waals surface area contributed by atoms with Gasteiger partial charge in [0.15, 0.2) is 0 Å². The van der Waals surface area contributed by atoms with Crippen LogP contribution in [0.25, 0.3) is 17.1 Å². The van der Waals surface area contributed by atoms with Gasteiger partial charge in [-0.05, 0) is 55.6 Å². The van der Waals surface area contributed by atoms with Gasteiger partial charge in [-0.2, -0.15) is 9.40 Å². The van der Waals surface area contributed by atoms with Gasteiger partial charge in [-0.3, -0.25) is 0 Å². The molecule has 0 atom stereocenters.